The average molecular weight is 371 g/mol. The molecule has 2 aliphatic rings. The Labute approximate surface area is 157 Å². The first-order valence-electron chi connectivity index (χ1n) is 9.62. The van der Waals surface area contributed by atoms with E-state index >= 15 is 0 Å². The van der Waals surface area contributed by atoms with Crippen molar-refractivity contribution in [1.82, 2.24) is 15.5 Å². The first-order chi connectivity index (χ1) is 12.9. The van der Waals surface area contributed by atoms with Crippen molar-refractivity contribution in [2.75, 3.05) is 6.61 Å². The monoisotopic (exact) mass is 371 g/mol. The van der Waals surface area contributed by atoms with E-state index in [4.69, 9.17) is 9.26 Å². The van der Waals surface area contributed by atoms with Crippen molar-refractivity contribution in [2.45, 2.75) is 52.5 Å². The number of carbonyl (C=O) groups excluding carboxylic acids is 2. The number of amides is 1. The van der Waals surface area contributed by atoms with Crippen LogP contribution in [0, 0.1) is 31.6 Å². The van der Waals surface area contributed by atoms with Crippen LogP contribution in [0.15, 0.2) is 10.6 Å². The molecule has 27 heavy (non-hydrogen) atoms. The summed E-state index contributed by atoms with van der Waals surface area (Å²) >= 11 is 0. The Bertz CT molecular complexity index is 891. The summed E-state index contributed by atoms with van der Waals surface area (Å²) in [6, 6.07) is 1.74. The highest BCUT2D eigenvalue weighted by Crippen LogP contribution is 2.49. The molecule has 1 amide bonds. The highest BCUT2D eigenvalue weighted by Gasteiger charge is 2.42. The van der Waals surface area contributed by atoms with Crippen molar-refractivity contribution in [3.05, 3.63) is 23.0 Å². The van der Waals surface area contributed by atoms with Crippen LogP contribution in [0.3, 0.4) is 0 Å². The molecule has 4 atom stereocenters. The van der Waals surface area contributed by atoms with Gasteiger partial charge in [0.1, 0.15) is 0 Å². The second kappa shape index (κ2) is 6.94. The Morgan fingerprint density at radius 1 is 1.33 bits per heavy atom. The van der Waals surface area contributed by atoms with Gasteiger partial charge in [-0.25, -0.2) is 9.78 Å². The van der Waals surface area contributed by atoms with Crippen molar-refractivity contribution < 1.29 is 18.8 Å². The van der Waals surface area contributed by atoms with Crippen LogP contribution in [0.1, 0.15) is 54.4 Å². The molecular formula is C20H25N3O4. The van der Waals surface area contributed by atoms with Gasteiger partial charge in [0.15, 0.2) is 6.61 Å². The number of nitrogens with zero attached hydrogens (tertiary/aromatic N) is 2. The number of carbonyl (C=O) groups is 2. The zero-order valence-electron chi connectivity index (χ0n) is 15.9. The van der Waals surface area contributed by atoms with E-state index in [0.29, 0.717) is 34.0 Å². The molecule has 0 spiro atoms. The highest BCUT2D eigenvalue weighted by atomic mass is 16.5. The molecule has 2 bridgehead atoms. The van der Waals surface area contributed by atoms with Crippen molar-refractivity contribution >= 4 is 23.0 Å². The lowest BCUT2D eigenvalue weighted by Crippen LogP contribution is -2.42. The smallest absolute Gasteiger partial charge is 0.339 e. The highest BCUT2D eigenvalue weighted by molar-refractivity contribution is 6.03. The third kappa shape index (κ3) is 3.42. The van der Waals surface area contributed by atoms with E-state index in [2.05, 4.69) is 22.4 Å². The van der Waals surface area contributed by atoms with E-state index in [1.807, 2.05) is 0 Å². The van der Waals surface area contributed by atoms with Crippen molar-refractivity contribution in [3.63, 3.8) is 0 Å². The number of rotatable bonds is 5. The standard InChI is InChI=1S/C20H25N3O4/c1-10-6-16(18-12(3)23-27-19(18)21-10)20(25)26-9-17(24)22-11(2)15-8-13-4-5-14(15)7-13/h6,11,13-15H,4-5,7-9H2,1-3H3,(H,22,24)/t11-,13-,14-,15+/m0/s1. The van der Waals surface area contributed by atoms with Crippen LogP contribution in [0.25, 0.3) is 11.1 Å². The van der Waals surface area contributed by atoms with Crippen LogP contribution >= 0.6 is 0 Å². The number of aryl methyl sites for hydroxylation is 2. The third-order valence-corrected chi connectivity index (χ3v) is 6.12. The molecule has 7 nitrogen and oxygen atoms in total. The minimum atomic E-state index is -0.570. The summed E-state index contributed by atoms with van der Waals surface area (Å²) in [6.07, 6.45) is 5.11. The largest absolute Gasteiger partial charge is 0.452 e. The summed E-state index contributed by atoms with van der Waals surface area (Å²) in [5.74, 6) is 1.28. The topological polar surface area (TPSA) is 94.3 Å². The maximum absolute atomic E-state index is 12.5. The number of hydrogen-bond donors (Lipinski definition) is 1. The molecule has 2 aromatic rings. The normalized spacial score (nSPS) is 24.9. The Hall–Kier alpha value is -2.44. The fraction of sp³-hybridized carbons (Fsp3) is 0.600. The summed E-state index contributed by atoms with van der Waals surface area (Å²) in [5, 5.41) is 7.39. The molecule has 2 saturated carbocycles. The Morgan fingerprint density at radius 3 is 2.85 bits per heavy atom. The molecule has 1 N–H and O–H groups in total. The van der Waals surface area contributed by atoms with E-state index in [9.17, 15) is 9.59 Å². The lowest BCUT2D eigenvalue weighted by atomic mass is 9.84. The van der Waals surface area contributed by atoms with Gasteiger partial charge in [-0.1, -0.05) is 11.6 Å². The Kier molecular flexibility index (Phi) is 4.61. The van der Waals surface area contributed by atoms with Crippen molar-refractivity contribution in [2.24, 2.45) is 17.8 Å². The molecular weight excluding hydrogens is 346 g/mol. The second-order valence-corrected chi connectivity index (χ2v) is 8.03. The van der Waals surface area contributed by atoms with Gasteiger partial charge in [0.25, 0.3) is 11.6 Å². The van der Waals surface area contributed by atoms with Gasteiger partial charge in [-0.05, 0) is 63.9 Å². The van der Waals surface area contributed by atoms with Gasteiger partial charge in [0.05, 0.1) is 16.6 Å². The minimum Gasteiger partial charge on any atom is -0.452 e. The Morgan fingerprint density at radius 2 is 2.15 bits per heavy atom. The molecule has 2 fully saturated rings. The maximum Gasteiger partial charge on any atom is 0.339 e. The van der Waals surface area contributed by atoms with Crippen molar-refractivity contribution in [1.29, 1.82) is 0 Å². The second-order valence-electron chi connectivity index (χ2n) is 8.03. The number of hydrogen-bond acceptors (Lipinski definition) is 6. The molecule has 0 unspecified atom stereocenters. The molecule has 2 aromatic heterocycles. The lowest BCUT2D eigenvalue weighted by molar-refractivity contribution is -0.125. The molecule has 0 saturated heterocycles. The third-order valence-electron chi connectivity index (χ3n) is 6.12. The number of aromatic nitrogens is 2. The molecule has 144 valence electrons. The Balaban J connectivity index is 1.36. The zero-order valence-corrected chi connectivity index (χ0v) is 15.9. The summed E-state index contributed by atoms with van der Waals surface area (Å²) in [4.78, 5) is 29.0. The number of ether oxygens (including phenoxy) is 1. The summed E-state index contributed by atoms with van der Waals surface area (Å²) in [5.41, 5.74) is 1.82. The lowest BCUT2D eigenvalue weighted by Gasteiger charge is -2.28. The van der Waals surface area contributed by atoms with Gasteiger partial charge in [-0.3, -0.25) is 4.79 Å². The van der Waals surface area contributed by atoms with Gasteiger partial charge in [-0.2, -0.15) is 0 Å². The predicted octanol–water partition coefficient (Wildman–Crippen LogP) is 2.94. The van der Waals surface area contributed by atoms with E-state index in [-0.39, 0.29) is 18.6 Å². The fourth-order valence-corrected chi connectivity index (χ4v) is 4.90. The number of pyridine rings is 1. The zero-order chi connectivity index (χ0) is 19.1. The molecule has 2 heterocycles. The van der Waals surface area contributed by atoms with Crippen molar-refractivity contribution in [3.8, 4) is 0 Å². The summed E-state index contributed by atoms with van der Waals surface area (Å²) in [7, 11) is 0. The molecule has 4 rings (SSSR count). The van der Waals surface area contributed by atoms with Gasteiger partial charge < -0.3 is 14.6 Å². The maximum atomic E-state index is 12.5. The van der Waals surface area contributed by atoms with Gasteiger partial charge in [0, 0.05) is 11.7 Å². The SMILES string of the molecule is Cc1cc(C(=O)OCC(=O)N[C@@H](C)[C@H]2C[C@H]3CC[C@H]2C3)c2c(C)noc2n1. The van der Waals surface area contributed by atoms with Crippen LogP contribution in [-0.2, 0) is 9.53 Å². The fourth-order valence-electron chi connectivity index (χ4n) is 4.90. The van der Waals surface area contributed by atoms with Crippen LogP contribution in [0.2, 0.25) is 0 Å². The van der Waals surface area contributed by atoms with Crippen LogP contribution in [0.4, 0.5) is 0 Å². The number of esters is 1. The van der Waals surface area contributed by atoms with E-state index in [0.717, 1.165) is 11.8 Å². The average Bonchev–Trinajstić information content (AvgIpc) is 3.35. The molecule has 7 heteroatoms. The first-order valence-corrected chi connectivity index (χ1v) is 9.62. The number of nitrogens with one attached hydrogen (secondary N) is 1. The van der Waals surface area contributed by atoms with Gasteiger partial charge in [-0.15, -0.1) is 0 Å². The molecule has 2 aliphatic carbocycles. The summed E-state index contributed by atoms with van der Waals surface area (Å²) < 4.78 is 10.4. The van der Waals surface area contributed by atoms with E-state index in [1.54, 1.807) is 19.9 Å². The molecule has 0 radical (unpaired) electrons. The quantitative estimate of drug-likeness (QED) is 0.812. The summed E-state index contributed by atoms with van der Waals surface area (Å²) in [6.45, 7) is 5.26. The van der Waals surface area contributed by atoms with E-state index < -0.39 is 5.97 Å². The molecule has 0 aliphatic heterocycles. The van der Waals surface area contributed by atoms with Crippen LogP contribution in [0.5, 0.6) is 0 Å². The first kappa shape index (κ1) is 17.9. The number of fused-ring (bicyclic) bond motifs is 3. The van der Waals surface area contributed by atoms with Gasteiger partial charge >= 0.3 is 5.97 Å². The van der Waals surface area contributed by atoms with Crippen LogP contribution in [-0.4, -0.2) is 34.7 Å². The van der Waals surface area contributed by atoms with Gasteiger partial charge in [0.2, 0.25) is 0 Å². The predicted molar refractivity (Wildman–Crippen MR) is 98.1 cm³/mol. The molecule has 0 aromatic carbocycles. The minimum absolute atomic E-state index is 0.113. The van der Waals surface area contributed by atoms with E-state index in [1.165, 1.54) is 25.7 Å². The van der Waals surface area contributed by atoms with Crippen LogP contribution < -0.4 is 5.32 Å².